The van der Waals surface area contributed by atoms with Crippen LogP contribution in [0.3, 0.4) is 0 Å². The Morgan fingerprint density at radius 2 is 2.16 bits per heavy atom. The normalized spacial score (nSPS) is 35.2. The maximum Gasteiger partial charge on any atom is 0.222 e. The third-order valence-corrected chi connectivity index (χ3v) is 4.98. The van der Waals surface area contributed by atoms with Gasteiger partial charge in [-0.1, -0.05) is 12.8 Å². The Morgan fingerprint density at radius 3 is 3.00 bits per heavy atom. The van der Waals surface area contributed by atoms with E-state index >= 15 is 0 Å². The maximum absolute atomic E-state index is 12.5. The predicted octanol–water partition coefficient (Wildman–Crippen LogP) is 1.55. The van der Waals surface area contributed by atoms with Crippen molar-refractivity contribution < 1.29 is 9.53 Å². The lowest BCUT2D eigenvalue weighted by molar-refractivity contribution is -0.149. The second kappa shape index (κ2) is 6.23. The zero-order valence-electron chi connectivity index (χ0n) is 11.8. The van der Waals surface area contributed by atoms with E-state index in [1.54, 1.807) is 0 Å². The van der Waals surface area contributed by atoms with Gasteiger partial charge in [-0.2, -0.15) is 0 Å². The van der Waals surface area contributed by atoms with Crippen LogP contribution in [0.15, 0.2) is 0 Å². The van der Waals surface area contributed by atoms with Crippen molar-refractivity contribution in [3.05, 3.63) is 0 Å². The van der Waals surface area contributed by atoms with Crippen molar-refractivity contribution in [1.29, 1.82) is 0 Å². The Kier molecular flexibility index (Phi) is 4.38. The van der Waals surface area contributed by atoms with Crippen molar-refractivity contribution in [2.24, 2.45) is 5.92 Å². The number of rotatable bonds is 3. The molecular weight excluding hydrogens is 240 g/mol. The first kappa shape index (κ1) is 13.4. The fourth-order valence-electron chi connectivity index (χ4n) is 3.84. The maximum atomic E-state index is 12.5. The van der Waals surface area contributed by atoms with Crippen molar-refractivity contribution >= 4 is 5.91 Å². The van der Waals surface area contributed by atoms with Crippen molar-refractivity contribution in [2.75, 3.05) is 26.2 Å². The lowest BCUT2D eigenvalue weighted by atomic mass is 9.89. The van der Waals surface area contributed by atoms with Gasteiger partial charge in [-0.3, -0.25) is 4.79 Å². The topological polar surface area (TPSA) is 41.6 Å². The summed E-state index contributed by atoms with van der Waals surface area (Å²) >= 11 is 0. The standard InChI is InChI=1S/C15H26N2O2/c18-15(6-5-12-7-8-16-11-12)17-9-10-19-14-4-2-1-3-13(14)17/h12-14,16H,1-11H2. The van der Waals surface area contributed by atoms with Gasteiger partial charge >= 0.3 is 0 Å². The van der Waals surface area contributed by atoms with Gasteiger partial charge in [0, 0.05) is 13.0 Å². The van der Waals surface area contributed by atoms with Gasteiger partial charge in [-0.15, -0.1) is 0 Å². The smallest absolute Gasteiger partial charge is 0.222 e. The Labute approximate surface area is 115 Å². The Hall–Kier alpha value is -0.610. The summed E-state index contributed by atoms with van der Waals surface area (Å²) < 4.78 is 5.84. The molecule has 0 radical (unpaired) electrons. The highest BCUT2D eigenvalue weighted by Crippen LogP contribution is 2.29. The van der Waals surface area contributed by atoms with Crippen LogP contribution >= 0.6 is 0 Å². The number of ether oxygens (including phenoxy) is 1. The van der Waals surface area contributed by atoms with Crippen LogP contribution < -0.4 is 5.32 Å². The Morgan fingerprint density at radius 1 is 1.26 bits per heavy atom. The molecule has 0 aromatic carbocycles. The quantitative estimate of drug-likeness (QED) is 0.842. The molecule has 4 nitrogen and oxygen atoms in total. The Bertz CT molecular complexity index is 313. The average molecular weight is 266 g/mol. The highest BCUT2D eigenvalue weighted by Gasteiger charge is 2.36. The van der Waals surface area contributed by atoms with E-state index < -0.39 is 0 Å². The molecule has 3 rings (SSSR count). The third kappa shape index (κ3) is 3.11. The molecule has 108 valence electrons. The zero-order valence-corrected chi connectivity index (χ0v) is 11.8. The van der Waals surface area contributed by atoms with Gasteiger partial charge in [0.2, 0.25) is 5.91 Å². The number of morpholine rings is 1. The van der Waals surface area contributed by atoms with Crippen LogP contribution in [-0.4, -0.2) is 49.2 Å². The van der Waals surface area contributed by atoms with E-state index in [0.29, 0.717) is 24.0 Å². The molecule has 3 fully saturated rings. The molecule has 1 N–H and O–H groups in total. The summed E-state index contributed by atoms with van der Waals surface area (Å²) in [4.78, 5) is 14.6. The zero-order chi connectivity index (χ0) is 13.1. The molecule has 19 heavy (non-hydrogen) atoms. The molecule has 2 aliphatic heterocycles. The molecule has 0 bridgehead atoms. The van der Waals surface area contributed by atoms with Crippen LogP contribution in [0.25, 0.3) is 0 Å². The molecule has 0 spiro atoms. The number of amides is 1. The molecule has 0 aromatic heterocycles. The molecule has 1 saturated carbocycles. The van der Waals surface area contributed by atoms with E-state index in [2.05, 4.69) is 10.2 Å². The van der Waals surface area contributed by atoms with Crippen LogP contribution in [0.4, 0.5) is 0 Å². The van der Waals surface area contributed by atoms with Crippen LogP contribution in [0, 0.1) is 5.92 Å². The van der Waals surface area contributed by atoms with E-state index in [-0.39, 0.29) is 0 Å². The molecule has 3 atom stereocenters. The minimum Gasteiger partial charge on any atom is -0.374 e. The monoisotopic (exact) mass is 266 g/mol. The molecule has 1 amide bonds. The van der Waals surface area contributed by atoms with E-state index in [1.807, 2.05) is 0 Å². The molecular formula is C15H26N2O2. The summed E-state index contributed by atoms with van der Waals surface area (Å²) in [6, 6.07) is 0.372. The fraction of sp³-hybridized carbons (Fsp3) is 0.933. The molecule has 1 aliphatic carbocycles. The van der Waals surface area contributed by atoms with Crippen LogP contribution in [0.5, 0.6) is 0 Å². The third-order valence-electron chi connectivity index (χ3n) is 4.98. The molecule has 3 aliphatic rings. The molecule has 2 saturated heterocycles. The first-order valence-corrected chi connectivity index (χ1v) is 7.96. The summed E-state index contributed by atoms with van der Waals surface area (Å²) in [6.45, 7) is 3.77. The molecule has 4 heteroatoms. The fourth-order valence-corrected chi connectivity index (χ4v) is 3.84. The van der Waals surface area contributed by atoms with Gasteiger partial charge in [-0.05, 0) is 44.7 Å². The van der Waals surface area contributed by atoms with Gasteiger partial charge in [0.05, 0.1) is 18.8 Å². The van der Waals surface area contributed by atoms with Crippen molar-refractivity contribution in [1.82, 2.24) is 10.2 Å². The summed E-state index contributed by atoms with van der Waals surface area (Å²) in [5.41, 5.74) is 0. The van der Waals surface area contributed by atoms with Crippen molar-refractivity contribution in [3.8, 4) is 0 Å². The Balaban J connectivity index is 1.52. The van der Waals surface area contributed by atoms with E-state index in [0.717, 1.165) is 51.9 Å². The minimum atomic E-state index is 0.319. The van der Waals surface area contributed by atoms with Crippen LogP contribution in [0.2, 0.25) is 0 Å². The number of fused-ring (bicyclic) bond motifs is 1. The summed E-state index contributed by atoms with van der Waals surface area (Å²) in [5.74, 6) is 1.08. The number of hydrogen-bond acceptors (Lipinski definition) is 3. The number of nitrogens with zero attached hydrogens (tertiary/aromatic N) is 1. The van der Waals surface area contributed by atoms with Gasteiger partial charge < -0.3 is 15.0 Å². The van der Waals surface area contributed by atoms with Crippen molar-refractivity contribution in [2.45, 2.75) is 57.1 Å². The van der Waals surface area contributed by atoms with E-state index in [1.165, 1.54) is 19.3 Å². The number of hydrogen-bond donors (Lipinski definition) is 1. The summed E-state index contributed by atoms with van der Waals surface area (Å²) in [6.07, 6.45) is 8.14. The molecule has 2 heterocycles. The van der Waals surface area contributed by atoms with Crippen LogP contribution in [-0.2, 0) is 9.53 Å². The molecule has 3 unspecified atom stereocenters. The second-order valence-corrected chi connectivity index (χ2v) is 6.25. The van der Waals surface area contributed by atoms with E-state index in [4.69, 9.17) is 4.74 Å². The highest BCUT2D eigenvalue weighted by atomic mass is 16.5. The lowest BCUT2D eigenvalue weighted by Gasteiger charge is -2.44. The van der Waals surface area contributed by atoms with E-state index in [9.17, 15) is 4.79 Å². The highest BCUT2D eigenvalue weighted by molar-refractivity contribution is 5.76. The van der Waals surface area contributed by atoms with Crippen LogP contribution in [0.1, 0.15) is 44.9 Å². The number of nitrogens with one attached hydrogen (secondary N) is 1. The van der Waals surface area contributed by atoms with Gasteiger partial charge in [-0.25, -0.2) is 0 Å². The lowest BCUT2D eigenvalue weighted by Crippen LogP contribution is -2.54. The molecule has 0 aromatic rings. The largest absolute Gasteiger partial charge is 0.374 e. The average Bonchev–Trinajstić information content (AvgIpc) is 2.97. The summed E-state index contributed by atoms with van der Waals surface area (Å²) in [5, 5.41) is 3.38. The van der Waals surface area contributed by atoms with Gasteiger partial charge in [0.15, 0.2) is 0 Å². The van der Waals surface area contributed by atoms with Crippen molar-refractivity contribution in [3.63, 3.8) is 0 Å². The first-order chi connectivity index (χ1) is 9.34. The van der Waals surface area contributed by atoms with Gasteiger partial charge in [0.1, 0.15) is 0 Å². The second-order valence-electron chi connectivity index (χ2n) is 6.25. The first-order valence-electron chi connectivity index (χ1n) is 7.96. The predicted molar refractivity (Wildman–Crippen MR) is 73.9 cm³/mol. The van der Waals surface area contributed by atoms with Gasteiger partial charge in [0.25, 0.3) is 0 Å². The minimum absolute atomic E-state index is 0.319. The summed E-state index contributed by atoms with van der Waals surface area (Å²) in [7, 11) is 0. The number of carbonyl (C=O) groups excluding carboxylic acids is 1. The SMILES string of the molecule is O=C(CCC1CCNC1)N1CCOC2CCCCC21. The number of carbonyl (C=O) groups is 1.